The molecule has 2 heterocycles. The minimum atomic E-state index is 0.663. The van der Waals surface area contributed by atoms with Crippen molar-refractivity contribution in [3.05, 3.63) is 51.6 Å². The fourth-order valence-electron chi connectivity index (χ4n) is 3.67. The molecule has 2 aliphatic rings. The summed E-state index contributed by atoms with van der Waals surface area (Å²) in [5, 5.41) is 2.70. The predicted octanol–water partition coefficient (Wildman–Crippen LogP) is 4.69. The van der Waals surface area contributed by atoms with E-state index in [9.17, 15) is 0 Å². The molecule has 1 saturated heterocycles. The molecule has 0 radical (unpaired) electrons. The Morgan fingerprint density at radius 1 is 1.05 bits per heavy atom. The van der Waals surface area contributed by atoms with E-state index in [0.717, 1.165) is 6.04 Å². The lowest BCUT2D eigenvalue weighted by atomic mass is 9.93. The monoisotopic (exact) mass is 375 g/mol. The van der Waals surface area contributed by atoms with Crippen LogP contribution in [0.2, 0.25) is 0 Å². The van der Waals surface area contributed by atoms with Crippen molar-refractivity contribution in [2.24, 2.45) is 0 Å². The van der Waals surface area contributed by atoms with Crippen molar-refractivity contribution in [2.75, 3.05) is 7.05 Å². The lowest BCUT2D eigenvalue weighted by Crippen LogP contribution is -2.34. The van der Waals surface area contributed by atoms with Gasteiger partial charge in [0, 0.05) is 15.7 Å². The molecule has 0 spiro atoms. The molecular formula is C18H18IN. The Hall–Kier alpha value is -0.870. The standard InChI is InChI=1S/C18H18IN/c1-20-17-6-7-18(20)11-15(10-17)13-2-3-14-9-16(19)5-4-12(14)8-13/h2-5,8-10,17-18H,6-7,11H2,1H3. The molecule has 2 unspecified atom stereocenters. The van der Waals surface area contributed by atoms with Gasteiger partial charge in [-0.15, -0.1) is 0 Å². The molecule has 2 atom stereocenters. The molecule has 4 rings (SSSR count). The number of hydrogen-bond acceptors (Lipinski definition) is 1. The van der Waals surface area contributed by atoms with Gasteiger partial charge >= 0.3 is 0 Å². The first-order valence-electron chi connectivity index (χ1n) is 7.33. The van der Waals surface area contributed by atoms with Crippen molar-refractivity contribution in [2.45, 2.75) is 31.3 Å². The third-order valence-electron chi connectivity index (χ3n) is 4.92. The summed E-state index contributed by atoms with van der Waals surface area (Å²) in [5.41, 5.74) is 2.97. The van der Waals surface area contributed by atoms with Crippen LogP contribution in [0.1, 0.15) is 24.8 Å². The summed E-state index contributed by atoms with van der Waals surface area (Å²) in [6.07, 6.45) is 6.39. The molecule has 2 heteroatoms. The highest BCUT2D eigenvalue weighted by Crippen LogP contribution is 2.38. The van der Waals surface area contributed by atoms with Crippen LogP contribution in [0.4, 0.5) is 0 Å². The zero-order valence-corrected chi connectivity index (χ0v) is 13.8. The normalized spacial score (nSPS) is 26.0. The summed E-state index contributed by atoms with van der Waals surface area (Å²) in [6, 6.07) is 15.0. The Bertz CT molecular complexity index is 704. The van der Waals surface area contributed by atoms with E-state index >= 15 is 0 Å². The van der Waals surface area contributed by atoms with E-state index in [1.807, 2.05) is 0 Å². The number of fused-ring (bicyclic) bond motifs is 3. The minimum Gasteiger partial charge on any atom is -0.297 e. The first-order chi connectivity index (χ1) is 9.70. The van der Waals surface area contributed by atoms with Gasteiger partial charge in [-0.1, -0.05) is 24.3 Å². The smallest absolute Gasteiger partial charge is 0.0284 e. The maximum Gasteiger partial charge on any atom is 0.0284 e. The van der Waals surface area contributed by atoms with Crippen LogP contribution in [0, 0.1) is 3.57 Å². The van der Waals surface area contributed by atoms with E-state index in [1.165, 1.54) is 39.2 Å². The number of benzene rings is 2. The third-order valence-corrected chi connectivity index (χ3v) is 5.59. The Morgan fingerprint density at radius 3 is 2.70 bits per heavy atom. The number of rotatable bonds is 1. The van der Waals surface area contributed by atoms with Crippen LogP contribution < -0.4 is 0 Å². The molecule has 0 aromatic heterocycles. The third kappa shape index (κ3) is 2.09. The maximum absolute atomic E-state index is 2.55. The summed E-state index contributed by atoms with van der Waals surface area (Å²) in [7, 11) is 2.28. The Balaban J connectivity index is 1.76. The number of hydrogen-bond donors (Lipinski definition) is 0. The van der Waals surface area contributed by atoms with Gasteiger partial charge in [-0.25, -0.2) is 0 Å². The summed E-state index contributed by atoms with van der Waals surface area (Å²) in [4.78, 5) is 2.55. The van der Waals surface area contributed by atoms with E-state index in [4.69, 9.17) is 0 Å². The second-order valence-corrected chi connectivity index (χ2v) is 7.31. The van der Waals surface area contributed by atoms with Gasteiger partial charge in [0.2, 0.25) is 0 Å². The highest BCUT2D eigenvalue weighted by Gasteiger charge is 2.33. The predicted molar refractivity (Wildman–Crippen MR) is 93.8 cm³/mol. The van der Waals surface area contributed by atoms with Crippen LogP contribution in [0.15, 0.2) is 42.5 Å². The van der Waals surface area contributed by atoms with Gasteiger partial charge in [-0.2, -0.15) is 0 Å². The molecular weight excluding hydrogens is 357 g/mol. The van der Waals surface area contributed by atoms with Crippen molar-refractivity contribution < 1.29 is 0 Å². The zero-order valence-electron chi connectivity index (χ0n) is 11.6. The molecule has 0 N–H and O–H groups in total. The van der Waals surface area contributed by atoms with Crippen LogP contribution >= 0.6 is 22.6 Å². The summed E-state index contributed by atoms with van der Waals surface area (Å²) < 4.78 is 1.31. The largest absolute Gasteiger partial charge is 0.297 e. The van der Waals surface area contributed by atoms with E-state index in [-0.39, 0.29) is 0 Å². The first-order valence-corrected chi connectivity index (χ1v) is 8.41. The average Bonchev–Trinajstić information content (AvgIpc) is 2.68. The van der Waals surface area contributed by atoms with Gasteiger partial charge in [0.1, 0.15) is 0 Å². The zero-order chi connectivity index (χ0) is 13.7. The van der Waals surface area contributed by atoms with Gasteiger partial charge in [0.25, 0.3) is 0 Å². The molecule has 0 amide bonds. The van der Waals surface area contributed by atoms with Crippen LogP contribution in [-0.2, 0) is 0 Å². The fourth-order valence-corrected chi connectivity index (χ4v) is 4.19. The van der Waals surface area contributed by atoms with Gasteiger partial charge in [0.05, 0.1) is 0 Å². The van der Waals surface area contributed by atoms with Crippen molar-refractivity contribution in [1.29, 1.82) is 0 Å². The van der Waals surface area contributed by atoms with E-state index in [1.54, 1.807) is 5.57 Å². The molecule has 2 bridgehead atoms. The summed E-state index contributed by atoms with van der Waals surface area (Å²) in [5.74, 6) is 0. The fraction of sp³-hybridized carbons (Fsp3) is 0.333. The van der Waals surface area contributed by atoms with Gasteiger partial charge < -0.3 is 0 Å². The quantitative estimate of drug-likeness (QED) is 0.654. The second kappa shape index (κ2) is 4.85. The van der Waals surface area contributed by atoms with Gasteiger partial charge in [-0.3, -0.25) is 4.90 Å². The molecule has 0 aliphatic carbocycles. The number of likely N-dealkylation sites (N-methyl/N-ethyl adjacent to an activating group) is 1. The first kappa shape index (κ1) is 12.8. The van der Waals surface area contributed by atoms with Crippen molar-refractivity contribution in [3.63, 3.8) is 0 Å². The van der Waals surface area contributed by atoms with Crippen molar-refractivity contribution in [1.82, 2.24) is 4.90 Å². The lowest BCUT2D eigenvalue weighted by molar-refractivity contribution is 0.264. The number of nitrogens with zero attached hydrogens (tertiary/aromatic N) is 1. The number of halogens is 1. The topological polar surface area (TPSA) is 3.24 Å². The van der Waals surface area contributed by atoms with Crippen molar-refractivity contribution in [3.8, 4) is 0 Å². The van der Waals surface area contributed by atoms with E-state index in [2.05, 4.69) is 77.0 Å². The van der Waals surface area contributed by atoms with Crippen LogP contribution in [-0.4, -0.2) is 24.0 Å². The minimum absolute atomic E-state index is 0.663. The van der Waals surface area contributed by atoms with E-state index < -0.39 is 0 Å². The van der Waals surface area contributed by atoms with Gasteiger partial charge in [-0.05, 0) is 89.0 Å². The molecule has 1 nitrogen and oxygen atoms in total. The summed E-state index contributed by atoms with van der Waals surface area (Å²) in [6.45, 7) is 0. The molecule has 1 fully saturated rings. The Kier molecular flexibility index (Phi) is 3.11. The van der Waals surface area contributed by atoms with Crippen LogP contribution in [0.25, 0.3) is 16.3 Å². The lowest BCUT2D eigenvalue weighted by Gasteiger charge is -2.30. The molecule has 2 aromatic carbocycles. The van der Waals surface area contributed by atoms with Gasteiger partial charge in [0.15, 0.2) is 0 Å². The second-order valence-electron chi connectivity index (χ2n) is 6.07. The molecule has 2 aromatic rings. The Labute approximate surface area is 133 Å². The highest BCUT2D eigenvalue weighted by atomic mass is 127. The molecule has 102 valence electrons. The van der Waals surface area contributed by atoms with Crippen molar-refractivity contribution >= 4 is 38.9 Å². The SMILES string of the molecule is CN1C2C=C(c3ccc4cc(I)ccc4c3)CC1CC2. The molecule has 20 heavy (non-hydrogen) atoms. The Morgan fingerprint density at radius 2 is 1.85 bits per heavy atom. The average molecular weight is 375 g/mol. The summed E-state index contributed by atoms with van der Waals surface area (Å²) >= 11 is 2.38. The van der Waals surface area contributed by atoms with Crippen LogP contribution in [0.5, 0.6) is 0 Å². The maximum atomic E-state index is 2.55. The highest BCUT2D eigenvalue weighted by molar-refractivity contribution is 14.1. The molecule has 0 saturated carbocycles. The van der Waals surface area contributed by atoms with Crippen LogP contribution in [0.3, 0.4) is 0 Å². The molecule has 2 aliphatic heterocycles. The van der Waals surface area contributed by atoms with E-state index in [0.29, 0.717) is 6.04 Å².